The molecule has 9 atom stereocenters. The molecule has 0 amide bonds. The maximum absolute atomic E-state index is 12.1. The summed E-state index contributed by atoms with van der Waals surface area (Å²) >= 11 is 0. The zero-order chi connectivity index (χ0) is 30.7. The van der Waals surface area contributed by atoms with Crippen molar-refractivity contribution < 1.29 is 34.1 Å². The van der Waals surface area contributed by atoms with E-state index in [2.05, 4.69) is 53.7 Å². The van der Waals surface area contributed by atoms with E-state index < -0.39 is 23.6 Å². The van der Waals surface area contributed by atoms with Crippen molar-refractivity contribution in [1.82, 2.24) is 0 Å². The fourth-order valence-corrected chi connectivity index (χ4v) is 9.49. The van der Waals surface area contributed by atoms with Crippen molar-refractivity contribution in [2.24, 2.45) is 39.4 Å². The third-order valence-electron chi connectivity index (χ3n) is 12.2. The molecule has 41 heavy (non-hydrogen) atoms. The second-order valence-electron chi connectivity index (χ2n) is 14.5. The van der Waals surface area contributed by atoms with E-state index in [9.17, 15) is 24.6 Å². The monoisotopic (exact) mass is 570 g/mol. The maximum Gasteiger partial charge on any atom is 0.330 e. The Bertz CT molecular complexity index is 1190. The van der Waals surface area contributed by atoms with Gasteiger partial charge in [0.25, 0.3) is 0 Å². The van der Waals surface area contributed by atoms with Crippen molar-refractivity contribution in [3.05, 3.63) is 34.9 Å². The van der Waals surface area contributed by atoms with E-state index in [4.69, 9.17) is 9.47 Å². The van der Waals surface area contributed by atoms with Crippen LogP contribution in [0.2, 0.25) is 0 Å². The van der Waals surface area contributed by atoms with Gasteiger partial charge in [0.15, 0.2) is 0 Å². The van der Waals surface area contributed by atoms with E-state index in [-0.39, 0.29) is 51.7 Å². The summed E-state index contributed by atoms with van der Waals surface area (Å²) in [4.78, 5) is 35.4. The van der Waals surface area contributed by atoms with Crippen LogP contribution in [-0.2, 0) is 23.9 Å². The van der Waals surface area contributed by atoms with Gasteiger partial charge in [0.05, 0.1) is 6.10 Å². The number of aliphatic hydroxyl groups is 1. The number of esters is 2. The second-order valence-corrected chi connectivity index (χ2v) is 14.5. The van der Waals surface area contributed by atoms with Crippen LogP contribution >= 0.6 is 0 Å². The Morgan fingerprint density at radius 1 is 1.05 bits per heavy atom. The Morgan fingerprint density at radius 3 is 2.29 bits per heavy atom. The van der Waals surface area contributed by atoms with Crippen LogP contribution in [0.4, 0.5) is 0 Å². The lowest BCUT2D eigenvalue weighted by Crippen LogP contribution is -2.56. The number of carbonyl (C=O) groups is 3. The molecule has 0 spiro atoms. The summed E-state index contributed by atoms with van der Waals surface area (Å²) in [5.41, 5.74) is 1.79. The summed E-state index contributed by atoms with van der Waals surface area (Å²) in [6, 6.07) is 0. The van der Waals surface area contributed by atoms with Gasteiger partial charge in [-0.3, -0.25) is 9.59 Å². The first-order valence-electron chi connectivity index (χ1n) is 15.3. The molecule has 2 N–H and O–H groups in total. The Hall–Kier alpha value is -2.41. The number of ether oxygens (including phenoxy) is 2. The molecule has 0 aromatic carbocycles. The van der Waals surface area contributed by atoms with E-state index in [1.54, 1.807) is 13.0 Å². The first kappa shape index (κ1) is 31.5. The molecule has 2 fully saturated rings. The molecule has 228 valence electrons. The van der Waals surface area contributed by atoms with Gasteiger partial charge in [-0.1, -0.05) is 59.8 Å². The molecule has 7 nitrogen and oxygen atoms in total. The topological polar surface area (TPSA) is 110 Å². The van der Waals surface area contributed by atoms with Crippen molar-refractivity contribution in [3.63, 3.8) is 0 Å². The molecule has 0 bridgehead atoms. The lowest BCUT2D eigenvalue weighted by Gasteiger charge is -2.61. The fourth-order valence-electron chi connectivity index (χ4n) is 9.49. The van der Waals surface area contributed by atoms with Crippen LogP contribution in [0.5, 0.6) is 0 Å². The predicted octanol–water partition coefficient (Wildman–Crippen LogP) is 6.40. The van der Waals surface area contributed by atoms with Gasteiger partial charge in [0.2, 0.25) is 0 Å². The van der Waals surface area contributed by atoms with Crippen molar-refractivity contribution >= 4 is 17.9 Å². The van der Waals surface area contributed by atoms with E-state index in [1.165, 1.54) is 25.0 Å². The summed E-state index contributed by atoms with van der Waals surface area (Å²) < 4.78 is 11.6. The summed E-state index contributed by atoms with van der Waals surface area (Å²) in [6.07, 6.45) is 9.56. The minimum absolute atomic E-state index is 0.0609. The van der Waals surface area contributed by atoms with Crippen LogP contribution in [-0.4, -0.2) is 46.4 Å². The molecule has 0 radical (unpaired) electrons. The average molecular weight is 571 g/mol. The summed E-state index contributed by atoms with van der Waals surface area (Å²) in [6.45, 7) is 17.8. The van der Waals surface area contributed by atoms with E-state index >= 15 is 0 Å². The molecule has 0 saturated heterocycles. The molecular weight excluding hydrogens is 520 g/mol. The lowest BCUT2D eigenvalue weighted by molar-refractivity contribution is -0.165. The first-order chi connectivity index (χ1) is 18.9. The molecule has 4 aliphatic carbocycles. The zero-order valence-electron chi connectivity index (χ0n) is 26.4. The number of carboxylic acid groups (broad SMARTS) is 1. The van der Waals surface area contributed by atoms with Crippen LogP contribution in [0.1, 0.15) is 101 Å². The summed E-state index contributed by atoms with van der Waals surface area (Å²) in [5, 5.41) is 21.2. The zero-order valence-corrected chi connectivity index (χ0v) is 26.4. The standard InChI is InChI=1S/C34H50O7/c1-19(30(38)39)10-12-26(40-21(3)35)20(2)25-18-28(37)34(9)24-11-13-27-31(5,6)29(41-22(4)36)15-16-32(27,7)23(24)14-17-33(25,34)8/h10-11,14,20,25-29,37H,12-13,15-18H2,1-9H3,(H,38,39)/b19-10+/t20?,25?,26?,27?,28?,29?,32-,33-,34-/m1/s1. The molecule has 4 rings (SSSR count). The Balaban J connectivity index is 1.70. The number of allylic oxidation sites excluding steroid dienone is 3. The highest BCUT2D eigenvalue weighted by atomic mass is 16.5. The molecule has 4 aliphatic rings. The van der Waals surface area contributed by atoms with Crippen LogP contribution in [0.15, 0.2) is 34.9 Å². The number of carbonyl (C=O) groups excluding carboxylic acids is 2. The van der Waals surface area contributed by atoms with Gasteiger partial charge in [-0.15, -0.1) is 0 Å². The van der Waals surface area contributed by atoms with Crippen molar-refractivity contribution in [2.75, 3.05) is 0 Å². The number of aliphatic carboxylic acids is 1. The second kappa shape index (κ2) is 10.7. The SMILES string of the molecule is CC(=O)OC(C/C=C(\C)C(=O)O)C(C)C1CC(O)[C@@]2(C)C3=CCC4C(C)(C)C(OC(C)=O)CC[C@]4(C)C3=CC[C@]12C. The number of hydrogen-bond donors (Lipinski definition) is 2. The predicted molar refractivity (Wildman–Crippen MR) is 157 cm³/mol. The first-order valence-corrected chi connectivity index (χ1v) is 15.3. The van der Waals surface area contributed by atoms with Gasteiger partial charge in [0, 0.05) is 36.7 Å². The van der Waals surface area contributed by atoms with Crippen molar-refractivity contribution in [1.29, 1.82) is 0 Å². The third-order valence-corrected chi connectivity index (χ3v) is 12.2. The highest BCUT2D eigenvalue weighted by Gasteiger charge is 2.67. The molecule has 0 aliphatic heterocycles. The van der Waals surface area contributed by atoms with E-state index in [1.807, 2.05) is 0 Å². The number of aliphatic hydroxyl groups excluding tert-OH is 1. The largest absolute Gasteiger partial charge is 0.478 e. The van der Waals surface area contributed by atoms with E-state index in [0.717, 1.165) is 25.7 Å². The van der Waals surface area contributed by atoms with E-state index in [0.29, 0.717) is 18.8 Å². The molecule has 0 aromatic rings. The number of carboxylic acids is 1. The summed E-state index contributed by atoms with van der Waals surface area (Å²) in [7, 11) is 0. The van der Waals surface area contributed by atoms with Gasteiger partial charge in [-0.05, 0) is 78.8 Å². The quantitative estimate of drug-likeness (QED) is 0.269. The van der Waals surface area contributed by atoms with Crippen LogP contribution in [0.25, 0.3) is 0 Å². The van der Waals surface area contributed by atoms with Crippen molar-refractivity contribution in [2.45, 2.75) is 119 Å². The molecule has 0 heterocycles. The lowest BCUT2D eigenvalue weighted by atomic mass is 9.44. The Morgan fingerprint density at radius 2 is 1.71 bits per heavy atom. The van der Waals surface area contributed by atoms with Crippen LogP contribution in [0.3, 0.4) is 0 Å². The minimum atomic E-state index is -0.985. The van der Waals surface area contributed by atoms with Gasteiger partial charge in [-0.2, -0.15) is 0 Å². The van der Waals surface area contributed by atoms with Crippen molar-refractivity contribution in [3.8, 4) is 0 Å². The molecule has 6 unspecified atom stereocenters. The minimum Gasteiger partial charge on any atom is -0.478 e. The van der Waals surface area contributed by atoms with Gasteiger partial charge in [-0.25, -0.2) is 4.79 Å². The molecule has 7 heteroatoms. The van der Waals surface area contributed by atoms with Gasteiger partial charge < -0.3 is 19.7 Å². The van der Waals surface area contributed by atoms with Gasteiger partial charge >= 0.3 is 17.9 Å². The normalized spacial score (nSPS) is 39.2. The van der Waals surface area contributed by atoms with Crippen LogP contribution < -0.4 is 0 Å². The fraction of sp³-hybridized carbons (Fsp3) is 0.735. The highest BCUT2D eigenvalue weighted by molar-refractivity contribution is 5.85. The summed E-state index contributed by atoms with van der Waals surface area (Å²) in [5.74, 6) is -1.32. The average Bonchev–Trinajstić information content (AvgIpc) is 3.08. The smallest absolute Gasteiger partial charge is 0.330 e. The third kappa shape index (κ3) is 4.90. The number of rotatable bonds is 7. The van der Waals surface area contributed by atoms with Gasteiger partial charge in [0.1, 0.15) is 12.2 Å². The van der Waals surface area contributed by atoms with Crippen LogP contribution in [0, 0.1) is 39.4 Å². The molecule has 2 saturated carbocycles. The molecular formula is C34H50O7. The highest BCUT2D eigenvalue weighted by Crippen LogP contribution is 2.72. The number of hydrogen-bond acceptors (Lipinski definition) is 6. The Kier molecular flexibility index (Phi) is 8.22. The maximum atomic E-state index is 12.1. The molecule has 0 aromatic heterocycles. The number of fused-ring (bicyclic) bond motifs is 5. The Labute approximate surface area is 245 Å².